The monoisotopic (exact) mass is 253 g/mol. The van der Waals surface area contributed by atoms with Crippen molar-refractivity contribution in [1.82, 2.24) is 14.7 Å². The highest BCUT2D eigenvalue weighted by atomic mass is 16.5. The lowest BCUT2D eigenvalue weighted by atomic mass is 10.2. The standard InChI is InChI=1S/C12H19N3O3/c1-10(9-14-5-7-18-8-6-14)15-11(3-4-13-15)12(16)17-2/h3-4,10H,5-9H2,1-2H3. The average molecular weight is 253 g/mol. The molecular formula is C12H19N3O3. The van der Waals surface area contributed by atoms with Gasteiger partial charge in [0.2, 0.25) is 0 Å². The van der Waals surface area contributed by atoms with E-state index < -0.39 is 0 Å². The Labute approximate surface area is 106 Å². The molecule has 1 aliphatic rings. The number of morpholine rings is 1. The molecule has 1 fully saturated rings. The van der Waals surface area contributed by atoms with Crippen LogP contribution in [0.1, 0.15) is 23.5 Å². The van der Waals surface area contributed by atoms with E-state index >= 15 is 0 Å². The van der Waals surface area contributed by atoms with Crippen LogP contribution in [0.5, 0.6) is 0 Å². The van der Waals surface area contributed by atoms with Crippen LogP contribution in [0.15, 0.2) is 12.3 Å². The quantitative estimate of drug-likeness (QED) is 0.734. The third-order valence-corrected chi connectivity index (χ3v) is 3.11. The van der Waals surface area contributed by atoms with Gasteiger partial charge in [-0.1, -0.05) is 0 Å². The predicted molar refractivity (Wildman–Crippen MR) is 65.5 cm³/mol. The maximum absolute atomic E-state index is 11.6. The van der Waals surface area contributed by atoms with Crippen molar-refractivity contribution in [3.63, 3.8) is 0 Å². The number of nitrogens with zero attached hydrogens (tertiary/aromatic N) is 3. The zero-order chi connectivity index (χ0) is 13.0. The van der Waals surface area contributed by atoms with E-state index in [9.17, 15) is 4.79 Å². The number of carbonyl (C=O) groups excluding carboxylic acids is 1. The van der Waals surface area contributed by atoms with E-state index in [0.29, 0.717) is 5.69 Å². The van der Waals surface area contributed by atoms with Crippen LogP contribution in [0.3, 0.4) is 0 Å². The Morgan fingerprint density at radius 3 is 2.94 bits per heavy atom. The fourth-order valence-corrected chi connectivity index (χ4v) is 2.17. The van der Waals surface area contributed by atoms with E-state index in [4.69, 9.17) is 9.47 Å². The summed E-state index contributed by atoms with van der Waals surface area (Å²) < 4.78 is 11.8. The predicted octanol–water partition coefficient (Wildman–Crippen LogP) is 0.563. The summed E-state index contributed by atoms with van der Waals surface area (Å²) in [5.74, 6) is -0.346. The molecular weight excluding hydrogens is 234 g/mol. The lowest BCUT2D eigenvalue weighted by molar-refractivity contribution is 0.0312. The summed E-state index contributed by atoms with van der Waals surface area (Å²) in [6.07, 6.45) is 1.63. The fraction of sp³-hybridized carbons (Fsp3) is 0.667. The minimum atomic E-state index is -0.346. The third kappa shape index (κ3) is 2.88. The fourth-order valence-electron chi connectivity index (χ4n) is 2.17. The summed E-state index contributed by atoms with van der Waals surface area (Å²) in [4.78, 5) is 13.9. The van der Waals surface area contributed by atoms with Gasteiger partial charge in [0.1, 0.15) is 5.69 Å². The van der Waals surface area contributed by atoms with Crippen LogP contribution in [0, 0.1) is 0 Å². The van der Waals surface area contributed by atoms with Gasteiger partial charge >= 0.3 is 5.97 Å². The molecule has 100 valence electrons. The first-order valence-electron chi connectivity index (χ1n) is 6.14. The molecule has 2 rings (SSSR count). The first-order valence-corrected chi connectivity index (χ1v) is 6.14. The SMILES string of the molecule is COC(=O)c1ccnn1C(C)CN1CCOCC1. The second kappa shape index (κ2) is 5.97. The first-order chi connectivity index (χ1) is 8.72. The van der Waals surface area contributed by atoms with E-state index in [2.05, 4.69) is 16.9 Å². The minimum absolute atomic E-state index is 0.132. The van der Waals surface area contributed by atoms with Gasteiger partial charge in [0.05, 0.1) is 26.4 Å². The van der Waals surface area contributed by atoms with Crippen LogP contribution in [0.4, 0.5) is 0 Å². The molecule has 1 aliphatic heterocycles. The number of esters is 1. The van der Waals surface area contributed by atoms with Crippen molar-refractivity contribution < 1.29 is 14.3 Å². The van der Waals surface area contributed by atoms with Gasteiger partial charge < -0.3 is 9.47 Å². The Morgan fingerprint density at radius 2 is 2.28 bits per heavy atom. The number of ether oxygens (including phenoxy) is 2. The van der Waals surface area contributed by atoms with Gasteiger partial charge in [-0.2, -0.15) is 5.10 Å². The van der Waals surface area contributed by atoms with Crippen molar-refractivity contribution in [1.29, 1.82) is 0 Å². The molecule has 6 heteroatoms. The van der Waals surface area contributed by atoms with E-state index in [1.54, 1.807) is 16.9 Å². The Balaban J connectivity index is 2.01. The topological polar surface area (TPSA) is 56.6 Å². The molecule has 0 N–H and O–H groups in total. The van der Waals surface area contributed by atoms with Gasteiger partial charge in [-0.15, -0.1) is 0 Å². The van der Waals surface area contributed by atoms with Crippen LogP contribution in [-0.2, 0) is 9.47 Å². The molecule has 0 spiro atoms. The zero-order valence-electron chi connectivity index (χ0n) is 10.8. The summed E-state index contributed by atoms with van der Waals surface area (Å²) in [6.45, 7) is 6.31. The van der Waals surface area contributed by atoms with Crippen molar-refractivity contribution in [2.24, 2.45) is 0 Å². The number of hydrogen-bond donors (Lipinski definition) is 0. The highest BCUT2D eigenvalue weighted by Gasteiger charge is 2.20. The average Bonchev–Trinajstić information content (AvgIpc) is 2.88. The molecule has 0 radical (unpaired) electrons. The van der Waals surface area contributed by atoms with Crippen molar-refractivity contribution >= 4 is 5.97 Å². The molecule has 1 atom stereocenters. The summed E-state index contributed by atoms with van der Waals surface area (Å²) in [5.41, 5.74) is 0.498. The Hall–Kier alpha value is -1.40. The van der Waals surface area contributed by atoms with Gasteiger partial charge in [-0.05, 0) is 13.0 Å². The second-order valence-corrected chi connectivity index (χ2v) is 4.41. The zero-order valence-corrected chi connectivity index (χ0v) is 10.8. The van der Waals surface area contributed by atoms with Crippen molar-refractivity contribution in [2.45, 2.75) is 13.0 Å². The third-order valence-electron chi connectivity index (χ3n) is 3.11. The molecule has 0 amide bonds. The van der Waals surface area contributed by atoms with E-state index in [0.717, 1.165) is 32.8 Å². The molecule has 0 saturated carbocycles. The molecule has 1 aromatic heterocycles. The van der Waals surface area contributed by atoms with Crippen LogP contribution >= 0.6 is 0 Å². The molecule has 0 aliphatic carbocycles. The maximum Gasteiger partial charge on any atom is 0.356 e. The number of rotatable bonds is 4. The van der Waals surface area contributed by atoms with E-state index in [1.807, 2.05) is 0 Å². The highest BCUT2D eigenvalue weighted by molar-refractivity contribution is 5.87. The normalized spacial score (nSPS) is 18.6. The number of aromatic nitrogens is 2. The second-order valence-electron chi connectivity index (χ2n) is 4.41. The molecule has 0 bridgehead atoms. The summed E-state index contributed by atoms with van der Waals surface area (Å²) >= 11 is 0. The van der Waals surface area contributed by atoms with E-state index in [-0.39, 0.29) is 12.0 Å². The Kier molecular flexibility index (Phi) is 4.33. The smallest absolute Gasteiger partial charge is 0.356 e. The number of hydrogen-bond acceptors (Lipinski definition) is 5. The van der Waals surface area contributed by atoms with Crippen molar-refractivity contribution in [2.75, 3.05) is 40.0 Å². The molecule has 1 aromatic rings. The van der Waals surface area contributed by atoms with Crippen LogP contribution in [0.25, 0.3) is 0 Å². The van der Waals surface area contributed by atoms with Gasteiger partial charge in [-0.25, -0.2) is 4.79 Å². The lowest BCUT2D eigenvalue weighted by Crippen LogP contribution is -2.39. The van der Waals surface area contributed by atoms with Gasteiger partial charge in [0.25, 0.3) is 0 Å². The van der Waals surface area contributed by atoms with Gasteiger partial charge in [0.15, 0.2) is 0 Å². The Morgan fingerprint density at radius 1 is 1.56 bits per heavy atom. The summed E-state index contributed by atoms with van der Waals surface area (Å²) in [7, 11) is 1.38. The largest absolute Gasteiger partial charge is 0.464 e. The number of carbonyl (C=O) groups is 1. The summed E-state index contributed by atoms with van der Waals surface area (Å²) in [5, 5.41) is 4.21. The molecule has 1 saturated heterocycles. The summed E-state index contributed by atoms with van der Waals surface area (Å²) in [6, 6.07) is 1.81. The maximum atomic E-state index is 11.6. The van der Waals surface area contributed by atoms with Crippen LogP contribution in [0.2, 0.25) is 0 Å². The van der Waals surface area contributed by atoms with Gasteiger partial charge in [0, 0.05) is 25.8 Å². The highest BCUT2D eigenvalue weighted by Crippen LogP contribution is 2.12. The van der Waals surface area contributed by atoms with Crippen molar-refractivity contribution in [3.05, 3.63) is 18.0 Å². The van der Waals surface area contributed by atoms with Crippen molar-refractivity contribution in [3.8, 4) is 0 Å². The Bertz CT molecular complexity index is 399. The van der Waals surface area contributed by atoms with Crippen LogP contribution < -0.4 is 0 Å². The van der Waals surface area contributed by atoms with Crippen LogP contribution in [-0.4, -0.2) is 60.6 Å². The molecule has 1 unspecified atom stereocenters. The first kappa shape index (κ1) is 13.0. The lowest BCUT2D eigenvalue weighted by Gasteiger charge is -2.29. The molecule has 6 nitrogen and oxygen atoms in total. The minimum Gasteiger partial charge on any atom is -0.464 e. The molecule has 18 heavy (non-hydrogen) atoms. The van der Waals surface area contributed by atoms with Gasteiger partial charge in [-0.3, -0.25) is 9.58 Å². The van der Waals surface area contributed by atoms with E-state index in [1.165, 1.54) is 7.11 Å². The molecule has 2 heterocycles. The molecule has 0 aromatic carbocycles. The number of methoxy groups -OCH3 is 1.